The third-order valence-corrected chi connectivity index (χ3v) is 9.62. The van der Waals surface area contributed by atoms with Gasteiger partial charge in [0.2, 0.25) is 15.9 Å². The van der Waals surface area contributed by atoms with Gasteiger partial charge < -0.3 is 10.1 Å². The molecule has 0 unspecified atom stereocenters. The SMILES string of the molecule is CC(=O)NCCCc1nnc(SCC(=O)c2ccc(S(=O)(=O)N3CCOCC3)cc2)n1-c1cccc2ccccc12. The molecule has 10 nitrogen and oxygen atoms in total. The first kappa shape index (κ1) is 28.9. The lowest BCUT2D eigenvalue weighted by atomic mass is 10.1. The number of ketones is 1. The number of nitrogens with one attached hydrogen (secondary N) is 1. The van der Waals surface area contributed by atoms with Crippen LogP contribution >= 0.6 is 11.8 Å². The fourth-order valence-corrected chi connectivity index (χ4v) is 6.94. The summed E-state index contributed by atoms with van der Waals surface area (Å²) < 4.78 is 34.5. The van der Waals surface area contributed by atoms with Crippen molar-refractivity contribution in [2.24, 2.45) is 0 Å². The molecule has 0 bridgehead atoms. The monoisotopic (exact) mass is 593 g/mol. The largest absolute Gasteiger partial charge is 0.379 e. The number of hydrogen-bond donors (Lipinski definition) is 1. The maximum absolute atomic E-state index is 13.1. The Morgan fingerprint density at radius 2 is 1.71 bits per heavy atom. The standard InChI is InChI=1S/C29H31N5O5S2/c1-21(35)30-15-5-10-28-31-32-29(34(28)26-9-4-7-22-6-2-3-8-25(22)26)40-20-27(36)23-11-13-24(14-12-23)41(37,38)33-16-18-39-19-17-33/h2-4,6-9,11-14H,5,10,15-20H2,1H3,(H,30,35). The first-order valence-corrected chi connectivity index (χ1v) is 15.8. The van der Waals surface area contributed by atoms with Crippen LogP contribution in [0.5, 0.6) is 0 Å². The number of morpholine rings is 1. The van der Waals surface area contributed by atoms with Crippen LogP contribution in [0, 0.1) is 0 Å². The van der Waals surface area contributed by atoms with Crippen LogP contribution in [0.4, 0.5) is 0 Å². The third kappa shape index (κ3) is 6.67. The summed E-state index contributed by atoms with van der Waals surface area (Å²) in [5, 5.41) is 14.3. The lowest BCUT2D eigenvalue weighted by Crippen LogP contribution is -2.40. The van der Waals surface area contributed by atoms with Crippen LogP contribution in [0.15, 0.2) is 76.8 Å². The van der Waals surface area contributed by atoms with E-state index in [1.165, 1.54) is 35.1 Å². The lowest BCUT2D eigenvalue weighted by Gasteiger charge is -2.26. The second kappa shape index (κ2) is 12.9. The highest BCUT2D eigenvalue weighted by atomic mass is 32.2. The molecule has 0 radical (unpaired) electrons. The molecule has 41 heavy (non-hydrogen) atoms. The summed E-state index contributed by atoms with van der Waals surface area (Å²) in [6.45, 7) is 3.37. The topological polar surface area (TPSA) is 123 Å². The quantitative estimate of drug-likeness (QED) is 0.159. The van der Waals surface area contributed by atoms with Gasteiger partial charge in [0, 0.05) is 43.9 Å². The highest BCUT2D eigenvalue weighted by Gasteiger charge is 2.26. The molecule has 1 fully saturated rings. The van der Waals surface area contributed by atoms with Crippen molar-refractivity contribution in [3.05, 3.63) is 78.1 Å². The average Bonchev–Trinajstić information content (AvgIpc) is 3.40. The molecular formula is C29H31N5O5S2. The van der Waals surface area contributed by atoms with Crippen molar-refractivity contribution in [2.75, 3.05) is 38.6 Å². The Morgan fingerprint density at radius 1 is 0.976 bits per heavy atom. The van der Waals surface area contributed by atoms with Gasteiger partial charge in [-0.2, -0.15) is 4.31 Å². The zero-order valence-electron chi connectivity index (χ0n) is 22.7. The Balaban J connectivity index is 1.35. The number of hydrogen-bond acceptors (Lipinski definition) is 8. The minimum atomic E-state index is -3.63. The zero-order chi connectivity index (χ0) is 28.8. The number of thioether (sulfide) groups is 1. The van der Waals surface area contributed by atoms with Gasteiger partial charge in [-0.05, 0) is 30.0 Å². The van der Waals surface area contributed by atoms with Gasteiger partial charge in [-0.25, -0.2) is 8.42 Å². The first-order chi connectivity index (χ1) is 19.8. The minimum Gasteiger partial charge on any atom is -0.379 e. The molecule has 12 heteroatoms. The van der Waals surface area contributed by atoms with Gasteiger partial charge in [0.1, 0.15) is 5.82 Å². The molecule has 0 aliphatic carbocycles. The predicted molar refractivity (Wildman–Crippen MR) is 157 cm³/mol. The van der Waals surface area contributed by atoms with E-state index in [2.05, 4.69) is 15.5 Å². The molecule has 1 aliphatic heterocycles. The highest BCUT2D eigenvalue weighted by molar-refractivity contribution is 7.99. The molecule has 2 heterocycles. The molecule has 1 aliphatic rings. The number of fused-ring (bicyclic) bond motifs is 1. The van der Waals surface area contributed by atoms with E-state index < -0.39 is 10.0 Å². The highest BCUT2D eigenvalue weighted by Crippen LogP contribution is 2.29. The second-order valence-corrected chi connectivity index (χ2v) is 12.5. The number of benzene rings is 3. The average molecular weight is 594 g/mol. The summed E-state index contributed by atoms with van der Waals surface area (Å²) in [7, 11) is -3.63. The van der Waals surface area contributed by atoms with Gasteiger partial charge in [0.05, 0.1) is 29.5 Å². The van der Waals surface area contributed by atoms with Crippen molar-refractivity contribution in [3.8, 4) is 5.69 Å². The van der Waals surface area contributed by atoms with Gasteiger partial charge in [-0.1, -0.05) is 60.3 Å². The van der Waals surface area contributed by atoms with Crippen LogP contribution in [-0.4, -0.2) is 77.8 Å². The van der Waals surface area contributed by atoms with E-state index in [0.717, 1.165) is 22.3 Å². The minimum absolute atomic E-state index is 0.0815. The van der Waals surface area contributed by atoms with Gasteiger partial charge >= 0.3 is 0 Å². The molecule has 3 aromatic carbocycles. The van der Waals surface area contributed by atoms with Crippen LogP contribution in [0.3, 0.4) is 0 Å². The maximum Gasteiger partial charge on any atom is 0.243 e. The van der Waals surface area contributed by atoms with Crippen molar-refractivity contribution in [2.45, 2.75) is 29.8 Å². The number of rotatable bonds is 11. The first-order valence-electron chi connectivity index (χ1n) is 13.4. The molecule has 1 aromatic heterocycles. The Hall–Kier alpha value is -3.58. The van der Waals surface area contributed by atoms with E-state index in [-0.39, 0.29) is 22.3 Å². The van der Waals surface area contributed by atoms with Crippen LogP contribution in [0.1, 0.15) is 29.5 Å². The molecule has 0 saturated carbocycles. The van der Waals surface area contributed by atoms with Crippen molar-refractivity contribution in [1.29, 1.82) is 0 Å². The lowest BCUT2D eigenvalue weighted by molar-refractivity contribution is -0.118. The number of aryl methyl sites for hydroxylation is 1. The smallest absolute Gasteiger partial charge is 0.243 e. The number of carbonyl (C=O) groups is 2. The molecule has 5 rings (SSSR count). The number of amides is 1. The van der Waals surface area contributed by atoms with E-state index in [1.807, 2.05) is 47.0 Å². The summed E-state index contributed by atoms with van der Waals surface area (Å²) >= 11 is 1.28. The van der Waals surface area contributed by atoms with Crippen LogP contribution in [-0.2, 0) is 26.0 Å². The number of sulfonamides is 1. The predicted octanol–water partition coefficient (Wildman–Crippen LogP) is 3.49. The van der Waals surface area contributed by atoms with E-state index in [4.69, 9.17) is 4.74 Å². The fraction of sp³-hybridized carbons (Fsp3) is 0.310. The van der Waals surface area contributed by atoms with Crippen molar-refractivity contribution in [3.63, 3.8) is 0 Å². The summed E-state index contributed by atoms with van der Waals surface area (Å²) in [5.74, 6) is 0.607. The summed E-state index contributed by atoms with van der Waals surface area (Å²) in [5.41, 5.74) is 1.33. The third-order valence-electron chi connectivity index (χ3n) is 6.78. The zero-order valence-corrected chi connectivity index (χ0v) is 24.3. The van der Waals surface area contributed by atoms with E-state index >= 15 is 0 Å². The van der Waals surface area contributed by atoms with Gasteiger partial charge in [-0.15, -0.1) is 10.2 Å². The normalized spacial score (nSPS) is 14.3. The van der Waals surface area contributed by atoms with E-state index in [1.54, 1.807) is 12.1 Å². The van der Waals surface area contributed by atoms with Gasteiger partial charge in [-0.3, -0.25) is 14.2 Å². The molecule has 0 spiro atoms. The Morgan fingerprint density at radius 3 is 2.46 bits per heavy atom. The van der Waals surface area contributed by atoms with E-state index in [9.17, 15) is 18.0 Å². The van der Waals surface area contributed by atoms with Crippen molar-refractivity contribution in [1.82, 2.24) is 24.4 Å². The van der Waals surface area contributed by atoms with Crippen LogP contribution in [0.2, 0.25) is 0 Å². The number of aromatic nitrogens is 3. The van der Waals surface area contributed by atoms with Gasteiger partial charge in [0.15, 0.2) is 10.9 Å². The van der Waals surface area contributed by atoms with Crippen molar-refractivity contribution < 1.29 is 22.7 Å². The van der Waals surface area contributed by atoms with Gasteiger partial charge in [0.25, 0.3) is 0 Å². The van der Waals surface area contributed by atoms with Crippen LogP contribution in [0.25, 0.3) is 16.5 Å². The number of nitrogens with zero attached hydrogens (tertiary/aromatic N) is 4. The molecule has 0 atom stereocenters. The molecule has 1 amide bonds. The maximum atomic E-state index is 13.1. The molecular weight excluding hydrogens is 562 g/mol. The van der Waals surface area contributed by atoms with Crippen LogP contribution < -0.4 is 5.32 Å². The second-order valence-electron chi connectivity index (χ2n) is 9.57. The molecule has 4 aromatic rings. The summed E-state index contributed by atoms with van der Waals surface area (Å²) in [6.07, 6.45) is 1.27. The number of Topliss-reactive ketones (excluding diaryl/α,β-unsaturated/α-hetero) is 1. The van der Waals surface area contributed by atoms with Crippen molar-refractivity contribution >= 4 is 44.2 Å². The Bertz CT molecular complexity index is 1640. The Kier molecular flexibility index (Phi) is 9.13. The molecule has 1 saturated heterocycles. The summed E-state index contributed by atoms with van der Waals surface area (Å²) in [6, 6.07) is 20.1. The number of carbonyl (C=O) groups excluding carboxylic acids is 2. The molecule has 214 valence electrons. The van der Waals surface area contributed by atoms with E-state index in [0.29, 0.717) is 56.4 Å². The fourth-order valence-electron chi connectivity index (χ4n) is 4.67. The number of ether oxygens (including phenoxy) is 1. The Labute approximate surface area is 243 Å². The summed E-state index contributed by atoms with van der Waals surface area (Å²) in [4.78, 5) is 24.6. The molecule has 1 N–H and O–H groups in total.